The molecule has 0 amide bonds. The average molecular weight is 282 g/mol. The molecule has 0 heterocycles. The zero-order valence-electron chi connectivity index (χ0n) is 10.1. The van der Waals surface area contributed by atoms with Crippen molar-refractivity contribution in [3.05, 3.63) is 69.5 Å². The Morgan fingerprint density at radius 2 is 1.80 bits per heavy atom. The third kappa shape index (κ3) is 3.05. The molecule has 0 unspecified atom stereocenters. The molecule has 0 fully saturated rings. The van der Waals surface area contributed by atoms with Crippen molar-refractivity contribution in [3.63, 3.8) is 0 Å². The standard InChI is InChI=1S/C13H9F3N2O2/c14-9-1-4-13(18(19)20)8(5-9)7-17-10-2-3-11(15)12(16)6-10/h1-6,17H,7H2. The van der Waals surface area contributed by atoms with Crippen molar-refractivity contribution >= 4 is 11.4 Å². The number of halogens is 3. The van der Waals surface area contributed by atoms with Crippen LogP contribution >= 0.6 is 0 Å². The van der Waals surface area contributed by atoms with Crippen LogP contribution in [0.2, 0.25) is 0 Å². The van der Waals surface area contributed by atoms with Crippen LogP contribution in [0.1, 0.15) is 5.56 Å². The highest BCUT2D eigenvalue weighted by Crippen LogP contribution is 2.21. The molecule has 0 aliphatic heterocycles. The Kier molecular flexibility index (Phi) is 3.88. The van der Waals surface area contributed by atoms with Crippen LogP contribution < -0.4 is 5.32 Å². The maximum Gasteiger partial charge on any atom is 0.274 e. The molecule has 104 valence electrons. The summed E-state index contributed by atoms with van der Waals surface area (Å²) < 4.78 is 38.8. The number of nitro benzene ring substituents is 1. The molecule has 2 aromatic rings. The highest BCUT2D eigenvalue weighted by atomic mass is 19.2. The summed E-state index contributed by atoms with van der Waals surface area (Å²) in [5, 5.41) is 13.5. The first-order valence-corrected chi connectivity index (χ1v) is 5.59. The second-order valence-corrected chi connectivity index (χ2v) is 4.01. The predicted molar refractivity (Wildman–Crippen MR) is 66.7 cm³/mol. The van der Waals surface area contributed by atoms with Gasteiger partial charge in [-0.3, -0.25) is 10.1 Å². The summed E-state index contributed by atoms with van der Waals surface area (Å²) in [6, 6.07) is 6.18. The summed E-state index contributed by atoms with van der Waals surface area (Å²) >= 11 is 0. The van der Waals surface area contributed by atoms with E-state index >= 15 is 0 Å². The molecular weight excluding hydrogens is 273 g/mol. The molecule has 0 spiro atoms. The lowest BCUT2D eigenvalue weighted by Crippen LogP contribution is -2.04. The Labute approximate surface area is 112 Å². The normalized spacial score (nSPS) is 10.3. The molecule has 7 heteroatoms. The highest BCUT2D eigenvalue weighted by molar-refractivity contribution is 5.47. The molecule has 0 saturated carbocycles. The lowest BCUT2D eigenvalue weighted by Gasteiger charge is -2.07. The van der Waals surface area contributed by atoms with Crippen LogP contribution in [0.5, 0.6) is 0 Å². The minimum Gasteiger partial charge on any atom is -0.381 e. The van der Waals surface area contributed by atoms with E-state index in [0.717, 1.165) is 30.3 Å². The van der Waals surface area contributed by atoms with Gasteiger partial charge in [0.1, 0.15) is 5.82 Å². The van der Waals surface area contributed by atoms with Gasteiger partial charge in [0.2, 0.25) is 0 Å². The van der Waals surface area contributed by atoms with Gasteiger partial charge in [-0.15, -0.1) is 0 Å². The van der Waals surface area contributed by atoms with E-state index in [4.69, 9.17) is 0 Å². The number of nitrogens with zero attached hydrogens (tertiary/aromatic N) is 1. The van der Waals surface area contributed by atoms with E-state index < -0.39 is 22.4 Å². The van der Waals surface area contributed by atoms with Gasteiger partial charge in [-0.2, -0.15) is 0 Å². The first kappa shape index (κ1) is 13.9. The molecule has 4 nitrogen and oxygen atoms in total. The van der Waals surface area contributed by atoms with E-state index in [1.165, 1.54) is 6.07 Å². The molecule has 2 aromatic carbocycles. The van der Waals surface area contributed by atoms with E-state index in [9.17, 15) is 23.3 Å². The first-order valence-electron chi connectivity index (χ1n) is 5.59. The molecule has 0 bridgehead atoms. The molecule has 0 aromatic heterocycles. The van der Waals surface area contributed by atoms with E-state index in [0.29, 0.717) is 0 Å². The Hall–Kier alpha value is -2.57. The maximum atomic E-state index is 13.1. The quantitative estimate of drug-likeness (QED) is 0.688. The lowest BCUT2D eigenvalue weighted by molar-refractivity contribution is -0.385. The monoisotopic (exact) mass is 282 g/mol. The minimum absolute atomic E-state index is 0.0842. The van der Waals surface area contributed by atoms with Gasteiger partial charge in [-0.25, -0.2) is 13.2 Å². The largest absolute Gasteiger partial charge is 0.381 e. The molecule has 20 heavy (non-hydrogen) atoms. The molecule has 0 aliphatic rings. The Balaban J connectivity index is 2.20. The summed E-state index contributed by atoms with van der Waals surface area (Å²) in [6.07, 6.45) is 0. The van der Waals surface area contributed by atoms with Gasteiger partial charge in [0.05, 0.1) is 10.5 Å². The van der Waals surface area contributed by atoms with Crippen LogP contribution in [-0.4, -0.2) is 4.92 Å². The third-order valence-corrected chi connectivity index (χ3v) is 2.64. The minimum atomic E-state index is -1.04. The number of nitrogens with one attached hydrogen (secondary N) is 1. The van der Waals surface area contributed by atoms with E-state index in [1.807, 2.05) is 0 Å². The van der Waals surface area contributed by atoms with Crippen molar-refractivity contribution in [2.24, 2.45) is 0 Å². The van der Waals surface area contributed by atoms with Crippen LogP contribution in [-0.2, 0) is 6.54 Å². The van der Waals surface area contributed by atoms with Crippen molar-refractivity contribution < 1.29 is 18.1 Å². The second kappa shape index (κ2) is 5.60. The second-order valence-electron chi connectivity index (χ2n) is 4.01. The van der Waals surface area contributed by atoms with Crippen LogP contribution in [0.4, 0.5) is 24.5 Å². The summed E-state index contributed by atoms with van der Waals surface area (Å²) in [5.74, 6) is -2.64. The first-order chi connectivity index (χ1) is 9.47. The fourth-order valence-corrected chi connectivity index (χ4v) is 1.68. The maximum absolute atomic E-state index is 13.1. The van der Waals surface area contributed by atoms with Gasteiger partial charge in [0, 0.05) is 24.4 Å². The number of benzene rings is 2. The number of hydrogen-bond donors (Lipinski definition) is 1. The summed E-state index contributed by atoms with van der Waals surface area (Å²) in [5.41, 5.74) is 0.101. The van der Waals surface area contributed by atoms with Crippen molar-refractivity contribution in [2.45, 2.75) is 6.54 Å². The third-order valence-electron chi connectivity index (χ3n) is 2.64. The Morgan fingerprint density at radius 3 is 2.45 bits per heavy atom. The summed E-state index contributed by atoms with van der Waals surface area (Å²) in [6.45, 7) is -0.0842. The van der Waals surface area contributed by atoms with Crippen LogP contribution in [0, 0.1) is 27.6 Å². The van der Waals surface area contributed by atoms with Gasteiger partial charge in [0.15, 0.2) is 11.6 Å². The molecule has 0 radical (unpaired) electrons. The molecule has 1 N–H and O–H groups in total. The van der Waals surface area contributed by atoms with Crippen LogP contribution in [0.3, 0.4) is 0 Å². The van der Waals surface area contributed by atoms with Gasteiger partial charge in [-0.1, -0.05) is 0 Å². The van der Waals surface area contributed by atoms with E-state index in [1.54, 1.807) is 0 Å². The van der Waals surface area contributed by atoms with Crippen molar-refractivity contribution in [3.8, 4) is 0 Å². The summed E-state index contributed by atoms with van der Waals surface area (Å²) in [4.78, 5) is 10.2. The van der Waals surface area contributed by atoms with Crippen molar-refractivity contribution in [1.29, 1.82) is 0 Å². The predicted octanol–water partition coefficient (Wildman–Crippen LogP) is 3.62. The van der Waals surface area contributed by atoms with Gasteiger partial charge in [0.25, 0.3) is 5.69 Å². The Bertz CT molecular complexity index is 662. The van der Waals surface area contributed by atoms with Gasteiger partial charge >= 0.3 is 0 Å². The number of hydrogen-bond acceptors (Lipinski definition) is 3. The fraction of sp³-hybridized carbons (Fsp3) is 0.0769. The topological polar surface area (TPSA) is 55.2 Å². The number of nitro groups is 1. The SMILES string of the molecule is O=[N+]([O-])c1ccc(F)cc1CNc1ccc(F)c(F)c1. The van der Waals surface area contributed by atoms with Gasteiger partial charge in [-0.05, 0) is 24.3 Å². The molecule has 0 aliphatic carbocycles. The smallest absolute Gasteiger partial charge is 0.274 e. The zero-order valence-corrected chi connectivity index (χ0v) is 10.1. The molecule has 2 rings (SSSR count). The van der Waals surface area contributed by atoms with E-state index in [2.05, 4.69) is 5.32 Å². The Morgan fingerprint density at radius 1 is 1.05 bits per heavy atom. The molecule has 0 saturated heterocycles. The number of rotatable bonds is 4. The fourth-order valence-electron chi connectivity index (χ4n) is 1.68. The van der Waals surface area contributed by atoms with Gasteiger partial charge < -0.3 is 5.32 Å². The van der Waals surface area contributed by atoms with Crippen LogP contribution in [0.25, 0.3) is 0 Å². The van der Waals surface area contributed by atoms with Crippen LogP contribution in [0.15, 0.2) is 36.4 Å². The van der Waals surface area contributed by atoms with Crippen molar-refractivity contribution in [1.82, 2.24) is 0 Å². The number of anilines is 1. The molecule has 0 atom stereocenters. The lowest BCUT2D eigenvalue weighted by atomic mass is 10.1. The zero-order chi connectivity index (χ0) is 14.7. The molecular formula is C13H9F3N2O2. The van der Waals surface area contributed by atoms with Crippen molar-refractivity contribution in [2.75, 3.05) is 5.32 Å². The van der Waals surface area contributed by atoms with E-state index in [-0.39, 0.29) is 23.5 Å². The summed E-state index contributed by atoms with van der Waals surface area (Å²) in [7, 11) is 0. The highest BCUT2D eigenvalue weighted by Gasteiger charge is 2.14. The average Bonchev–Trinajstić information content (AvgIpc) is 2.40.